The summed E-state index contributed by atoms with van der Waals surface area (Å²) in [7, 11) is 1.55. The maximum Gasteiger partial charge on any atom is 0.283 e. The highest BCUT2D eigenvalue weighted by Crippen LogP contribution is 2.33. The molecule has 1 N–H and O–H groups in total. The van der Waals surface area contributed by atoms with E-state index in [0.717, 1.165) is 16.9 Å². The summed E-state index contributed by atoms with van der Waals surface area (Å²) in [6, 6.07) is 21.0. The topological polar surface area (TPSA) is 96.6 Å². The van der Waals surface area contributed by atoms with Gasteiger partial charge in [0.15, 0.2) is 17.3 Å². The highest BCUT2D eigenvalue weighted by molar-refractivity contribution is 8.27. The molecule has 3 aromatic carbocycles. The monoisotopic (exact) mass is 526 g/mol. The van der Waals surface area contributed by atoms with E-state index in [-0.39, 0.29) is 11.4 Å². The summed E-state index contributed by atoms with van der Waals surface area (Å²) in [6.45, 7) is 4.77. The van der Waals surface area contributed by atoms with E-state index in [4.69, 9.17) is 19.6 Å². The first-order chi connectivity index (χ1) is 18.4. The molecule has 8 nitrogen and oxygen atoms in total. The van der Waals surface area contributed by atoms with Crippen LogP contribution in [-0.2, 0) is 4.79 Å². The van der Waals surface area contributed by atoms with E-state index in [1.165, 1.54) is 22.3 Å². The van der Waals surface area contributed by atoms with Crippen molar-refractivity contribution in [2.24, 2.45) is 10.1 Å². The lowest BCUT2D eigenvalue weighted by Gasteiger charge is -2.20. The van der Waals surface area contributed by atoms with Crippen LogP contribution in [0.2, 0.25) is 0 Å². The molecule has 0 atom stereocenters. The third kappa shape index (κ3) is 5.33. The number of fused-ring (bicyclic) bond motifs is 1. The molecule has 2 aliphatic heterocycles. The van der Waals surface area contributed by atoms with Crippen LogP contribution in [-0.4, -0.2) is 47.3 Å². The molecule has 0 aromatic heterocycles. The Kier molecular flexibility index (Phi) is 7.28. The third-order valence-corrected chi connectivity index (χ3v) is 6.86. The summed E-state index contributed by atoms with van der Waals surface area (Å²) in [5.74, 6) is 1.38. The molecule has 1 amide bonds. The van der Waals surface area contributed by atoms with Gasteiger partial charge in [-0.25, -0.2) is 0 Å². The molecule has 2 aliphatic rings. The predicted octanol–water partition coefficient (Wildman–Crippen LogP) is 5.44. The number of aliphatic imine (C=N–C) groups is 1. The Morgan fingerprint density at radius 2 is 1.68 bits per heavy atom. The number of nitrogens with zero attached hydrogens (tertiary/aromatic N) is 3. The number of amidine groups is 2. The lowest BCUT2D eigenvalue weighted by Crippen LogP contribution is -2.35. The Balaban J connectivity index is 1.28. The second kappa shape index (κ2) is 10.9. The number of aryl methyl sites for hydroxylation is 2. The van der Waals surface area contributed by atoms with Gasteiger partial charge in [0.1, 0.15) is 24.0 Å². The smallest absolute Gasteiger partial charge is 0.283 e. The number of rotatable bonds is 8. The summed E-state index contributed by atoms with van der Waals surface area (Å²) in [4.78, 5) is 17.0. The number of thioether (sulfide) groups is 1. The maximum atomic E-state index is 12.8. The van der Waals surface area contributed by atoms with Crippen LogP contribution in [0, 0.1) is 19.3 Å². The zero-order chi connectivity index (χ0) is 26.6. The van der Waals surface area contributed by atoms with Crippen molar-refractivity contribution in [3.8, 4) is 17.2 Å². The van der Waals surface area contributed by atoms with Crippen molar-refractivity contribution in [3.63, 3.8) is 0 Å². The standard InChI is InChI=1S/C29H26N4O4S/c1-18-9-11-23(19(2)15-18)36-13-14-37-24-12-10-20(17-25(24)35-3)16-22-26(30)33-29(31-27(22)34)38-28(32-33)21-7-5-4-6-8-21/h4-12,15-17,30H,13-14H2,1-3H3/b22-16+,30-26?. The zero-order valence-corrected chi connectivity index (χ0v) is 22.0. The molecule has 9 heteroatoms. The molecular weight excluding hydrogens is 500 g/mol. The molecule has 0 fully saturated rings. The quantitative estimate of drug-likeness (QED) is 0.310. The summed E-state index contributed by atoms with van der Waals surface area (Å²) in [5, 5.41) is 15.6. The fourth-order valence-electron chi connectivity index (χ4n) is 4.01. The van der Waals surface area contributed by atoms with E-state index in [0.29, 0.717) is 40.5 Å². The van der Waals surface area contributed by atoms with Crippen molar-refractivity contribution in [2.45, 2.75) is 13.8 Å². The maximum absolute atomic E-state index is 12.8. The molecule has 5 rings (SSSR count). The fourth-order valence-corrected chi connectivity index (χ4v) is 4.91. The number of carbonyl (C=O) groups is 1. The van der Waals surface area contributed by atoms with Gasteiger partial charge in [-0.15, -0.1) is 0 Å². The average molecular weight is 527 g/mol. The lowest BCUT2D eigenvalue weighted by atomic mass is 10.1. The third-order valence-electron chi connectivity index (χ3n) is 5.90. The van der Waals surface area contributed by atoms with E-state index in [9.17, 15) is 4.79 Å². The van der Waals surface area contributed by atoms with Gasteiger partial charge in [0.25, 0.3) is 5.91 Å². The molecule has 0 bridgehead atoms. The summed E-state index contributed by atoms with van der Waals surface area (Å²) < 4.78 is 17.2. The van der Waals surface area contributed by atoms with Crippen molar-refractivity contribution in [2.75, 3.05) is 20.3 Å². The van der Waals surface area contributed by atoms with Crippen molar-refractivity contribution in [3.05, 3.63) is 94.6 Å². The van der Waals surface area contributed by atoms with E-state index in [1.807, 2.05) is 56.3 Å². The Morgan fingerprint density at radius 3 is 2.42 bits per heavy atom. The van der Waals surface area contributed by atoms with Crippen molar-refractivity contribution >= 4 is 39.8 Å². The van der Waals surface area contributed by atoms with Crippen LogP contribution in [0.25, 0.3) is 6.08 Å². The van der Waals surface area contributed by atoms with E-state index >= 15 is 0 Å². The van der Waals surface area contributed by atoms with Crippen LogP contribution >= 0.6 is 11.8 Å². The molecule has 2 heterocycles. The van der Waals surface area contributed by atoms with Crippen LogP contribution in [0.5, 0.6) is 17.2 Å². The van der Waals surface area contributed by atoms with Gasteiger partial charge < -0.3 is 14.2 Å². The lowest BCUT2D eigenvalue weighted by molar-refractivity contribution is -0.114. The van der Waals surface area contributed by atoms with Gasteiger partial charge in [0.2, 0.25) is 5.17 Å². The predicted molar refractivity (Wildman–Crippen MR) is 150 cm³/mol. The molecule has 0 saturated heterocycles. The number of carbonyl (C=O) groups excluding carboxylic acids is 1. The number of methoxy groups -OCH3 is 1. The molecule has 0 saturated carbocycles. The first-order valence-electron chi connectivity index (χ1n) is 12.0. The minimum Gasteiger partial charge on any atom is -0.493 e. The number of ether oxygens (including phenoxy) is 3. The van der Waals surface area contributed by atoms with Gasteiger partial charge in [-0.05, 0) is 61.0 Å². The number of hydrogen-bond acceptors (Lipinski definition) is 7. The van der Waals surface area contributed by atoms with Crippen LogP contribution < -0.4 is 14.2 Å². The van der Waals surface area contributed by atoms with E-state index < -0.39 is 5.91 Å². The molecule has 0 radical (unpaired) electrons. The summed E-state index contributed by atoms with van der Waals surface area (Å²) >= 11 is 1.27. The molecule has 192 valence electrons. The molecule has 0 unspecified atom stereocenters. The minimum absolute atomic E-state index is 0.0266. The number of hydrogen-bond donors (Lipinski definition) is 1. The van der Waals surface area contributed by atoms with Crippen LogP contribution in [0.15, 0.2) is 82.4 Å². The highest BCUT2D eigenvalue weighted by Gasteiger charge is 2.36. The first-order valence-corrected chi connectivity index (χ1v) is 12.8. The van der Waals surface area contributed by atoms with Crippen LogP contribution in [0.3, 0.4) is 0 Å². The Morgan fingerprint density at radius 1 is 0.947 bits per heavy atom. The van der Waals surface area contributed by atoms with Crippen molar-refractivity contribution in [1.29, 1.82) is 5.41 Å². The van der Waals surface area contributed by atoms with Gasteiger partial charge in [0, 0.05) is 5.56 Å². The average Bonchev–Trinajstić information content (AvgIpc) is 3.35. The SMILES string of the molecule is COc1cc(/C=C2\C(=N)N3N=C(c4ccccc4)SC3=NC2=O)ccc1OCCOc1ccc(C)cc1C. The molecule has 0 spiro atoms. The zero-order valence-electron chi connectivity index (χ0n) is 21.2. The highest BCUT2D eigenvalue weighted by atomic mass is 32.2. The Bertz CT molecular complexity index is 1500. The Hall–Kier alpha value is -4.37. The van der Waals surface area contributed by atoms with Gasteiger partial charge in [-0.1, -0.05) is 54.1 Å². The largest absolute Gasteiger partial charge is 0.493 e. The van der Waals surface area contributed by atoms with E-state index in [2.05, 4.69) is 16.2 Å². The normalized spacial score (nSPS) is 15.8. The van der Waals surface area contributed by atoms with Gasteiger partial charge >= 0.3 is 0 Å². The number of amides is 1. The minimum atomic E-state index is -0.485. The van der Waals surface area contributed by atoms with Gasteiger partial charge in [-0.2, -0.15) is 15.1 Å². The fraction of sp³-hybridized carbons (Fsp3) is 0.172. The number of hydrazone groups is 1. The first kappa shape index (κ1) is 25.3. The van der Waals surface area contributed by atoms with Gasteiger partial charge in [0.05, 0.1) is 12.7 Å². The van der Waals surface area contributed by atoms with Crippen molar-refractivity contribution < 1.29 is 19.0 Å². The Labute approximate surface area is 225 Å². The van der Waals surface area contributed by atoms with E-state index in [1.54, 1.807) is 31.4 Å². The molecular formula is C29H26N4O4S. The van der Waals surface area contributed by atoms with Crippen LogP contribution in [0.1, 0.15) is 22.3 Å². The number of nitrogens with one attached hydrogen (secondary N) is 1. The van der Waals surface area contributed by atoms with Gasteiger partial charge in [-0.3, -0.25) is 10.2 Å². The summed E-state index contributed by atoms with van der Waals surface area (Å²) in [6.07, 6.45) is 1.61. The molecule has 3 aromatic rings. The molecule has 0 aliphatic carbocycles. The number of benzene rings is 3. The summed E-state index contributed by atoms with van der Waals surface area (Å²) in [5.41, 5.74) is 3.98. The second-order valence-electron chi connectivity index (χ2n) is 8.67. The molecule has 38 heavy (non-hydrogen) atoms. The van der Waals surface area contributed by atoms with Crippen LogP contribution in [0.4, 0.5) is 0 Å². The van der Waals surface area contributed by atoms with Crippen molar-refractivity contribution in [1.82, 2.24) is 5.01 Å². The second-order valence-corrected chi connectivity index (χ2v) is 9.62.